The van der Waals surface area contributed by atoms with Crippen molar-refractivity contribution in [1.82, 2.24) is 9.62 Å². The van der Waals surface area contributed by atoms with E-state index in [0.29, 0.717) is 30.5 Å². The van der Waals surface area contributed by atoms with Crippen LogP contribution in [0.2, 0.25) is 0 Å². The summed E-state index contributed by atoms with van der Waals surface area (Å²) in [5.41, 5.74) is 7.74. The van der Waals surface area contributed by atoms with Crippen LogP contribution >= 0.6 is 24.0 Å². The van der Waals surface area contributed by atoms with Crippen molar-refractivity contribution >= 4 is 40.0 Å². The summed E-state index contributed by atoms with van der Waals surface area (Å²) in [5, 5.41) is 3.01. The lowest BCUT2D eigenvalue weighted by Gasteiger charge is -2.12. The first-order chi connectivity index (χ1) is 13.3. The van der Waals surface area contributed by atoms with Crippen LogP contribution in [0, 0.1) is 0 Å². The Kier molecular flexibility index (Phi) is 9.66. The topological polar surface area (TPSA) is 106 Å². The predicted molar refractivity (Wildman–Crippen MR) is 124 cm³/mol. The molecule has 3 N–H and O–H groups in total. The van der Waals surface area contributed by atoms with Crippen LogP contribution in [0.5, 0.6) is 11.5 Å². The molecule has 2 rings (SSSR count). The highest BCUT2D eigenvalue weighted by Crippen LogP contribution is 2.27. The van der Waals surface area contributed by atoms with E-state index in [-0.39, 0.29) is 28.9 Å². The fourth-order valence-corrected chi connectivity index (χ4v) is 3.30. The van der Waals surface area contributed by atoms with Crippen LogP contribution < -0.4 is 20.5 Å². The van der Waals surface area contributed by atoms with Gasteiger partial charge in [-0.25, -0.2) is 17.7 Å². The summed E-state index contributed by atoms with van der Waals surface area (Å²) >= 11 is 0. The Hall–Kier alpha value is -2.05. The molecule has 29 heavy (non-hydrogen) atoms. The number of benzene rings is 2. The van der Waals surface area contributed by atoms with Crippen LogP contribution in [0.15, 0.2) is 52.4 Å². The van der Waals surface area contributed by atoms with E-state index >= 15 is 0 Å². The van der Waals surface area contributed by atoms with Gasteiger partial charge < -0.3 is 20.5 Å². The van der Waals surface area contributed by atoms with Gasteiger partial charge in [0.25, 0.3) is 0 Å². The van der Waals surface area contributed by atoms with Gasteiger partial charge in [-0.3, -0.25) is 0 Å². The molecule has 0 aliphatic carbocycles. The van der Waals surface area contributed by atoms with Gasteiger partial charge in [0.2, 0.25) is 10.0 Å². The first kappa shape index (κ1) is 25.0. The third-order valence-corrected chi connectivity index (χ3v) is 5.88. The zero-order valence-electron chi connectivity index (χ0n) is 16.9. The lowest BCUT2D eigenvalue weighted by atomic mass is 10.2. The van der Waals surface area contributed by atoms with E-state index in [2.05, 4.69) is 10.3 Å². The van der Waals surface area contributed by atoms with Crippen LogP contribution in [0.3, 0.4) is 0 Å². The summed E-state index contributed by atoms with van der Waals surface area (Å²) in [5.74, 6) is 1.58. The second-order valence-corrected chi connectivity index (χ2v) is 8.33. The Morgan fingerprint density at radius 1 is 1.03 bits per heavy atom. The number of halogens is 1. The highest BCUT2D eigenvalue weighted by Gasteiger charge is 2.16. The highest BCUT2D eigenvalue weighted by molar-refractivity contribution is 14.0. The number of guanidine groups is 1. The minimum Gasteiger partial charge on any atom is -0.493 e. The molecule has 0 bridgehead atoms. The molecule has 10 heteroatoms. The maximum atomic E-state index is 12.1. The summed E-state index contributed by atoms with van der Waals surface area (Å²) in [6, 6.07) is 12.2. The van der Waals surface area contributed by atoms with Crippen molar-refractivity contribution in [3.63, 3.8) is 0 Å². The zero-order chi connectivity index (χ0) is 20.7. The fourth-order valence-electron chi connectivity index (χ4n) is 2.39. The minimum atomic E-state index is -3.43. The number of sulfonamides is 1. The Morgan fingerprint density at radius 2 is 1.62 bits per heavy atom. The number of nitrogens with zero attached hydrogens (tertiary/aromatic N) is 2. The fraction of sp³-hybridized carbons (Fsp3) is 0.316. The Morgan fingerprint density at radius 3 is 2.17 bits per heavy atom. The molecule has 2 aromatic carbocycles. The molecule has 160 valence electrons. The first-order valence-electron chi connectivity index (χ1n) is 8.54. The van der Waals surface area contributed by atoms with E-state index < -0.39 is 10.0 Å². The number of ether oxygens (including phenoxy) is 2. The van der Waals surface area contributed by atoms with Crippen molar-refractivity contribution in [1.29, 1.82) is 0 Å². The SMILES string of the molecule is COc1ccc(CN=C(N)NCc2ccc(S(=O)(=O)N(C)C)cc2)cc1OC.I. The molecule has 0 heterocycles. The van der Waals surface area contributed by atoms with Crippen molar-refractivity contribution in [2.75, 3.05) is 28.3 Å². The van der Waals surface area contributed by atoms with Gasteiger partial charge >= 0.3 is 0 Å². The van der Waals surface area contributed by atoms with Crippen LogP contribution in [-0.2, 0) is 23.1 Å². The van der Waals surface area contributed by atoms with E-state index in [1.165, 1.54) is 18.4 Å². The van der Waals surface area contributed by atoms with Gasteiger partial charge in [-0.2, -0.15) is 0 Å². The number of hydrogen-bond acceptors (Lipinski definition) is 5. The smallest absolute Gasteiger partial charge is 0.242 e. The van der Waals surface area contributed by atoms with Crippen LogP contribution in [0.1, 0.15) is 11.1 Å². The van der Waals surface area contributed by atoms with Crippen LogP contribution in [0.4, 0.5) is 0 Å². The average Bonchev–Trinajstić information content (AvgIpc) is 2.70. The first-order valence-corrected chi connectivity index (χ1v) is 9.98. The Balaban J connectivity index is 0.00000420. The number of nitrogens with two attached hydrogens (primary N) is 1. The van der Waals surface area contributed by atoms with Gasteiger partial charge in [0, 0.05) is 20.6 Å². The molecule has 0 aliphatic heterocycles. The molecule has 0 aliphatic rings. The van der Waals surface area contributed by atoms with Crippen molar-refractivity contribution in [3.8, 4) is 11.5 Å². The molecule has 2 aromatic rings. The number of hydrogen-bond donors (Lipinski definition) is 2. The Labute approximate surface area is 189 Å². The number of rotatable bonds is 8. The summed E-state index contributed by atoms with van der Waals surface area (Å²) in [7, 11) is 2.73. The normalized spacial score (nSPS) is 11.7. The molecule has 8 nitrogen and oxygen atoms in total. The molecular weight excluding hydrogens is 507 g/mol. The van der Waals surface area contributed by atoms with E-state index in [0.717, 1.165) is 11.1 Å². The molecule has 0 amide bonds. The van der Waals surface area contributed by atoms with Gasteiger partial charge in [-0.15, -0.1) is 24.0 Å². The van der Waals surface area contributed by atoms with E-state index in [9.17, 15) is 8.42 Å². The van der Waals surface area contributed by atoms with Crippen LogP contribution in [0.25, 0.3) is 0 Å². The third kappa shape index (κ3) is 6.75. The molecule has 0 unspecified atom stereocenters. The lowest BCUT2D eigenvalue weighted by Crippen LogP contribution is -2.31. The summed E-state index contributed by atoms with van der Waals surface area (Å²) < 4.78 is 35.8. The second-order valence-electron chi connectivity index (χ2n) is 6.18. The standard InChI is InChI=1S/C19H26N4O4S.HI/c1-23(2)28(24,25)16-8-5-14(6-9-16)12-21-19(20)22-13-15-7-10-17(26-3)18(11-15)27-4;/h5-11H,12-13H2,1-4H3,(H3,20,21,22);1H. The molecule has 0 spiro atoms. The van der Waals surface area contributed by atoms with Gasteiger partial charge in [0.1, 0.15) is 0 Å². The number of methoxy groups -OCH3 is 2. The second kappa shape index (κ2) is 11.2. The summed E-state index contributed by atoms with van der Waals surface area (Å²) in [6.07, 6.45) is 0. The quantitative estimate of drug-likeness (QED) is 0.306. The maximum Gasteiger partial charge on any atom is 0.242 e. The molecule has 0 saturated carbocycles. The molecular formula is C19H27IN4O4S. The predicted octanol–water partition coefficient (Wildman–Crippen LogP) is 2.18. The highest BCUT2D eigenvalue weighted by atomic mass is 127. The molecule has 0 radical (unpaired) electrons. The largest absolute Gasteiger partial charge is 0.493 e. The van der Waals surface area contributed by atoms with E-state index in [4.69, 9.17) is 15.2 Å². The van der Waals surface area contributed by atoms with E-state index in [1.807, 2.05) is 18.2 Å². The molecule has 0 saturated heterocycles. The van der Waals surface area contributed by atoms with Gasteiger partial charge in [-0.05, 0) is 35.4 Å². The van der Waals surface area contributed by atoms with Crippen molar-refractivity contribution in [3.05, 3.63) is 53.6 Å². The van der Waals surface area contributed by atoms with Gasteiger partial charge in [-0.1, -0.05) is 18.2 Å². The van der Waals surface area contributed by atoms with E-state index in [1.54, 1.807) is 38.5 Å². The molecule has 0 aromatic heterocycles. The lowest BCUT2D eigenvalue weighted by molar-refractivity contribution is 0.354. The average molecular weight is 534 g/mol. The zero-order valence-corrected chi connectivity index (χ0v) is 20.0. The number of nitrogens with one attached hydrogen (secondary N) is 1. The minimum absolute atomic E-state index is 0. The third-order valence-electron chi connectivity index (χ3n) is 4.06. The van der Waals surface area contributed by atoms with Crippen molar-refractivity contribution in [2.45, 2.75) is 18.0 Å². The van der Waals surface area contributed by atoms with Gasteiger partial charge in [0.05, 0.1) is 25.7 Å². The summed E-state index contributed by atoms with van der Waals surface area (Å²) in [6.45, 7) is 0.822. The molecule has 0 atom stereocenters. The Bertz CT molecular complexity index is 932. The maximum absolute atomic E-state index is 12.1. The molecule has 0 fully saturated rings. The van der Waals surface area contributed by atoms with Crippen molar-refractivity contribution in [2.24, 2.45) is 10.7 Å². The van der Waals surface area contributed by atoms with Gasteiger partial charge in [0.15, 0.2) is 17.5 Å². The monoisotopic (exact) mass is 534 g/mol. The van der Waals surface area contributed by atoms with Crippen molar-refractivity contribution < 1.29 is 17.9 Å². The number of aliphatic imine (C=N–C) groups is 1. The van der Waals surface area contributed by atoms with Crippen LogP contribution in [-0.4, -0.2) is 47.0 Å². The summed E-state index contributed by atoms with van der Waals surface area (Å²) in [4.78, 5) is 4.55.